The molecule has 0 aromatic carbocycles. The number of nitrogens with zero attached hydrogens (tertiary/aromatic N) is 1. The fraction of sp³-hybridized carbons (Fsp3) is 1.00. The molecule has 0 amide bonds. The molecule has 5 atom stereocenters. The van der Waals surface area contributed by atoms with Crippen molar-refractivity contribution in [3.05, 3.63) is 0 Å². The van der Waals surface area contributed by atoms with Crippen molar-refractivity contribution in [2.75, 3.05) is 19.6 Å². The normalized spacial score (nSPS) is 48.0. The maximum atomic E-state index is 3.73. The second-order valence-electron chi connectivity index (χ2n) is 6.75. The first-order valence-corrected chi connectivity index (χ1v) is 7.73. The molecule has 3 rings (SSSR count). The number of hydrogen-bond donors (Lipinski definition) is 1. The van der Waals surface area contributed by atoms with Crippen molar-refractivity contribution in [2.45, 2.75) is 58.0 Å². The standard InChI is InChI=1S/C15H28N2/c1-11-5-3-7-15(12(11)2)17-9-13-6-4-8-16-14(13)10-17/h11-16H,3-10H2,1-2H3. The molecule has 3 aliphatic rings. The molecular weight excluding hydrogens is 208 g/mol. The van der Waals surface area contributed by atoms with E-state index in [1.165, 1.54) is 51.7 Å². The SMILES string of the molecule is CC1CCCC(N2CC3CCCNC3C2)C1C. The Morgan fingerprint density at radius 3 is 2.71 bits per heavy atom. The molecule has 5 unspecified atom stereocenters. The molecule has 98 valence electrons. The largest absolute Gasteiger partial charge is 0.312 e. The van der Waals surface area contributed by atoms with Crippen molar-refractivity contribution in [3.8, 4) is 0 Å². The molecule has 1 N–H and O–H groups in total. The Balaban J connectivity index is 1.64. The zero-order valence-electron chi connectivity index (χ0n) is 11.5. The molecule has 17 heavy (non-hydrogen) atoms. The number of fused-ring (bicyclic) bond motifs is 1. The molecule has 0 aromatic heterocycles. The molecule has 1 aliphatic carbocycles. The van der Waals surface area contributed by atoms with Gasteiger partial charge in [-0.2, -0.15) is 0 Å². The van der Waals surface area contributed by atoms with E-state index in [1.807, 2.05) is 0 Å². The van der Waals surface area contributed by atoms with Crippen molar-refractivity contribution in [3.63, 3.8) is 0 Å². The third kappa shape index (κ3) is 2.26. The van der Waals surface area contributed by atoms with E-state index in [2.05, 4.69) is 24.1 Å². The Morgan fingerprint density at radius 1 is 1.00 bits per heavy atom. The monoisotopic (exact) mass is 236 g/mol. The van der Waals surface area contributed by atoms with Crippen LogP contribution in [0.3, 0.4) is 0 Å². The van der Waals surface area contributed by atoms with Crippen LogP contribution in [0.15, 0.2) is 0 Å². The lowest BCUT2D eigenvalue weighted by atomic mass is 9.77. The summed E-state index contributed by atoms with van der Waals surface area (Å²) in [5, 5.41) is 3.73. The molecule has 2 nitrogen and oxygen atoms in total. The molecule has 2 saturated heterocycles. The molecule has 1 saturated carbocycles. The smallest absolute Gasteiger partial charge is 0.0235 e. The summed E-state index contributed by atoms with van der Waals surface area (Å²) < 4.78 is 0. The van der Waals surface area contributed by atoms with Crippen LogP contribution in [0.1, 0.15) is 46.0 Å². The van der Waals surface area contributed by atoms with Gasteiger partial charge in [0.15, 0.2) is 0 Å². The number of nitrogens with one attached hydrogen (secondary N) is 1. The average molecular weight is 236 g/mol. The molecule has 0 radical (unpaired) electrons. The molecule has 0 spiro atoms. The zero-order valence-corrected chi connectivity index (χ0v) is 11.5. The zero-order chi connectivity index (χ0) is 11.8. The minimum absolute atomic E-state index is 0.813. The van der Waals surface area contributed by atoms with Crippen LogP contribution in [-0.4, -0.2) is 36.6 Å². The van der Waals surface area contributed by atoms with E-state index in [0.29, 0.717) is 0 Å². The minimum Gasteiger partial charge on any atom is -0.312 e. The van der Waals surface area contributed by atoms with E-state index in [0.717, 1.165) is 29.8 Å². The quantitative estimate of drug-likeness (QED) is 0.752. The van der Waals surface area contributed by atoms with Crippen LogP contribution in [0.4, 0.5) is 0 Å². The van der Waals surface area contributed by atoms with Gasteiger partial charge in [-0.3, -0.25) is 4.90 Å². The van der Waals surface area contributed by atoms with Gasteiger partial charge in [0.1, 0.15) is 0 Å². The fourth-order valence-corrected chi connectivity index (χ4v) is 4.42. The Bertz CT molecular complexity index is 252. The van der Waals surface area contributed by atoms with Gasteiger partial charge >= 0.3 is 0 Å². The van der Waals surface area contributed by atoms with Crippen LogP contribution in [0.25, 0.3) is 0 Å². The summed E-state index contributed by atoms with van der Waals surface area (Å²) in [6.45, 7) is 8.90. The Morgan fingerprint density at radius 2 is 1.88 bits per heavy atom. The highest BCUT2D eigenvalue weighted by Gasteiger charge is 2.40. The Labute approximate surface area is 106 Å². The summed E-state index contributed by atoms with van der Waals surface area (Å²) >= 11 is 0. The van der Waals surface area contributed by atoms with E-state index in [-0.39, 0.29) is 0 Å². The minimum atomic E-state index is 0.813. The predicted molar refractivity (Wildman–Crippen MR) is 72.1 cm³/mol. The van der Waals surface area contributed by atoms with Crippen LogP contribution in [-0.2, 0) is 0 Å². The lowest BCUT2D eigenvalue weighted by Gasteiger charge is -2.40. The second-order valence-corrected chi connectivity index (χ2v) is 6.75. The van der Waals surface area contributed by atoms with Gasteiger partial charge in [-0.1, -0.05) is 26.7 Å². The van der Waals surface area contributed by atoms with Gasteiger partial charge in [0.25, 0.3) is 0 Å². The van der Waals surface area contributed by atoms with Crippen LogP contribution in [0, 0.1) is 17.8 Å². The topological polar surface area (TPSA) is 15.3 Å². The van der Waals surface area contributed by atoms with E-state index < -0.39 is 0 Å². The summed E-state index contributed by atoms with van der Waals surface area (Å²) in [5.41, 5.74) is 0. The summed E-state index contributed by atoms with van der Waals surface area (Å²) in [5.74, 6) is 2.79. The molecule has 0 aromatic rings. The summed E-state index contributed by atoms with van der Waals surface area (Å²) in [6, 6.07) is 1.69. The van der Waals surface area contributed by atoms with Gasteiger partial charge in [-0.05, 0) is 43.6 Å². The van der Waals surface area contributed by atoms with E-state index >= 15 is 0 Å². The van der Waals surface area contributed by atoms with Crippen LogP contribution in [0.2, 0.25) is 0 Å². The molecule has 2 heterocycles. The number of likely N-dealkylation sites (tertiary alicyclic amines) is 1. The third-order valence-corrected chi connectivity index (χ3v) is 5.76. The Kier molecular flexibility index (Phi) is 3.45. The molecule has 0 bridgehead atoms. The highest BCUT2D eigenvalue weighted by Crippen LogP contribution is 2.36. The first kappa shape index (κ1) is 12.0. The van der Waals surface area contributed by atoms with Crippen molar-refractivity contribution >= 4 is 0 Å². The lowest BCUT2D eigenvalue weighted by Crippen LogP contribution is -2.44. The van der Waals surface area contributed by atoms with Gasteiger partial charge in [-0.25, -0.2) is 0 Å². The molecule has 2 aliphatic heterocycles. The summed E-state index contributed by atoms with van der Waals surface area (Å²) in [6.07, 6.45) is 7.22. The number of hydrogen-bond acceptors (Lipinski definition) is 2. The van der Waals surface area contributed by atoms with Crippen molar-refractivity contribution in [1.29, 1.82) is 0 Å². The third-order valence-electron chi connectivity index (χ3n) is 5.76. The maximum Gasteiger partial charge on any atom is 0.0235 e. The van der Waals surface area contributed by atoms with Gasteiger partial charge < -0.3 is 5.32 Å². The number of piperidine rings is 1. The van der Waals surface area contributed by atoms with Gasteiger partial charge in [0, 0.05) is 25.2 Å². The first-order valence-electron chi connectivity index (χ1n) is 7.73. The van der Waals surface area contributed by atoms with Crippen molar-refractivity contribution in [2.24, 2.45) is 17.8 Å². The maximum absolute atomic E-state index is 3.73. The van der Waals surface area contributed by atoms with Crippen LogP contribution < -0.4 is 5.32 Å². The van der Waals surface area contributed by atoms with E-state index in [1.54, 1.807) is 0 Å². The number of rotatable bonds is 1. The lowest BCUT2D eigenvalue weighted by molar-refractivity contribution is 0.0974. The molecule has 3 fully saturated rings. The van der Waals surface area contributed by atoms with Crippen LogP contribution in [0.5, 0.6) is 0 Å². The second kappa shape index (κ2) is 4.89. The van der Waals surface area contributed by atoms with Gasteiger partial charge in [0.05, 0.1) is 0 Å². The summed E-state index contributed by atoms with van der Waals surface area (Å²) in [7, 11) is 0. The van der Waals surface area contributed by atoms with Crippen molar-refractivity contribution in [1.82, 2.24) is 10.2 Å². The highest BCUT2D eigenvalue weighted by atomic mass is 15.2. The molecular formula is C15H28N2. The highest BCUT2D eigenvalue weighted by molar-refractivity contribution is 4.96. The van der Waals surface area contributed by atoms with Gasteiger partial charge in [0.2, 0.25) is 0 Å². The van der Waals surface area contributed by atoms with E-state index in [4.69, 9.17) is 0 Å². The van der Waals surface area contributed by atoms with Gasteiger partial charge in [-0.15, -0.1) is 0 Å². The Hall–Kier alpha value is -0.0800. The molecule has 2 heteroatoms. The summed E-state index contributed by atoms with van der Waals surface area (Å²) in [4.78, 5) is 2.83. The van der Waals surface area contributed by atoms with Crippen LogP contribution >= 0.6 is 0 Å². The predicted octanol–water partition coefficient (Wildman–Crippen LogP) is 2.49. The fourth-order valence-electron chi connectivity index (χ4n) is 4.42. The first-order chi connectivity index (χ1) is 8.25. The van der Waals surface area contributed by atoms with E-state index in [9.17, 15) is 0 Å². The van der Waals surface area contributed by atoms with Crippen molar-refractivity contribution < 1.29 is 0 Å². The average Bonchev–Trinajstić information content (AvgIpc) is 2.76.